The Hall–Kier alpha value is -0.120. The SMILES string of the molecule is CCC(CC)(CO)CNC(C)CC(C)O. The van der Waals surface area contributed by atoms with E-state index in [1.807, 2.05) is 0 Å². The van der Waals surface area contributed by atoms with Crippen LogP contribution in [0.1, 0.15) is 47.0 Å². The van der Waals surface area contributed by atoms with Gasteiger partial charge in [-0.1, -0.05) is 13.8 Å². The van der Waals surface area contributed by atoms with Gasteiger partial charge in [0, 0.05) is 24.6 Å². The molecule has 0 rings (SSSR count). The predicted molar refractivity (Wildman–Crippen MR) is 63.9 cm³/mol. The number of rotatable bonds is 8. The number of aliphatic hydroxyl groups is 2. The highest BCUT2D eigenvalue weighted by molar-refractivity contribution is 4.80. The van der Waals surface area contributed by atoms with E-state index in [0.29, 0.717) is 6.04 Å². The van der Waals surface area contributed by atoms with Gasteiger partial charge in [0.05, 0.1) is 6.10 Å². The predicted octanol–water partition coefficient (Wildman–Crippen LogP) is 1.53. The third-order valence-electron chi connectivity index (χ3n) is 3.36. The van der Waals surface area contributed by atoms with Crippen LogP contribution in [0.3, 0.4) is 0 Å². The fraction of sp³-hybridized carbons (Fsp3) is 1.00. The maximum Gasteiger partial charge on any atom is 0.0526 e. The molecule has 0 bridgehead atoms. The summed E-state index contributed by atoms with van der Waals surface area (Å²) < 4.78 is 0. The van der Waals surface area contributed by atoms with Gasteiger partial charge in [-0.05, 0) is 33.1 Å². The van der Waals surface area contributed by atoms with E-state index >= 15 is 0 Å². The van der Waals surface area contributed by atoms with E-state index in [4.69, 9.17) is 0 Å². The van der Waals surface area contributed by atoms with Gasteiger partial charge in [-0.25, -0.2) is 0 Å². The first kappa shape index (κ1) is 14.9. The fourth-order valence-corrected chi connectivity index (χ4v) is 1.77. The normalized spacial score (nSPS) is 16.4. The minimum Gasteiger partial charge on any atom is -0.396 e. The summed E-state index contributed by atoms with van der Waals surface area (Å²) in [5, 5.41) is 22.0. The summed E-state index contributed by atoms with van der Waals surface area (Å²) in [6.45, 7) is 9.15. The molecular weight excluding hydrogens is 190 g/mol. The third-order valence-corrected chi connectivity index (χ3v) is 3.36. The molecule has 0 amide bonds. The summed E-state index contributed by atoms with van der Waals surface area (Å²) >= 11 is 0. The highest BCUT2D eigenvalue weighted by atomic mass is 16.3. The zero-order valence-corrected chi connectivity index (χ0v) is 10.6. The van der Waals surface area contributed by atoms with Crippen LogP contribution in [0.4, 0.5) is 0 Å². The molecule has 0 aliphatic carbocycles. The van der Waals surface area contributed by atoms with Gasteiger partial charge in [-0.15, -0.1) is 0 Å². The van der Waals surface area contributed by atoms with E-state index < -0.39 is 0 Å². The molecule has 3 N–H and O–H groups in total. The summed E-state index contributed by atoms with van der Waals surface area (Å²) in [4.78, 5) is 0. The van der Waals surface area contributed by atoms with Gasteiger partial charge in [-0.3, -0.25) is 0 Å². The van der Waals surface area contributed by atoms with Crippen molar-refractivity contribution in [1.29, 1.82) is 0 Å². The van der Waals surface area contributed by atoms with E-state index in [1.54, 1.807) is 6.92 Å². The van der Waals surface area contributed by atoms with Crippen LogP contribution in [0.15, 0.2) is 0 Å². The number of aliphatic hydroxyl groups excluding tert-OH is 2. The van der Waals surface area contributed by atoms with Gasteiger partial charge in [0.25, 0.3) is 0 Å². The maximum atomic E-state index is 9.38. The molecule has 0 aromatic carbocycles. The number of hydrogen-bond acceptors (Lipinski definition) is 3. The average molecular weight is 217 g/mol. The molecule has 3 nitrogen and oxygen atoms in total. The highest BCUT2D eigenvalue weighted by Gasteiger charge is 2.25. The molecule has 0 radical (unpaired) electrons. The van der Waals surface area contributed by atoms with E-state index in [2.05, 4.69) is 26.1 Å². The van der Waals surface area contributed by atoms with Gasteiger partial charge >= 0.3 is 0 Å². The molecule has 0 heterocycles. The minimum absolute atomic E-state index is 0.00690. The second-order valence-corrected chi connectivity index (χ2v) is 4.73. The van der Waals surface area contributed by atoms with Crippen molar-refractivity contribution in [2.24, 2.45) is 5.41 Å². The van der Waals surface area contributed by atoms with Crippen LogP contribution in [0.25, 0.3) is 0 Å². The van der Waals surface area contributed by atoms with Gasteiger partial charge in [0.2, 0.25) is 0 Å². The number of hydrogen-bond donors (Lipinski definition) is 3. The Morgan fingerprint density at radius 3 is 2.07 bits per heavy atom. The molecule has 0 aromatic heterocycles. The third kappa shape index (κ3) is 5.50. The van der Waals surface area contributed by atoms with Crippen molar-refractivity contribution in [3.05, 3.63) is 0 Å². The van der Waals surface area contributed by atoms with E-state index in [-0.39, 0.29) is 18.1 Å². The minimum atomic E-state index is -0.265. The lowest BCUT2D eigenvalue weighted by atomic mass is 9.83. The Kier molecular flexibility index (Phi) is 7.14. The first-order chi connectivity index (χ1) is 6.99. The molecular formula is C12H27NO2. The Bertz CT molecular complexity index is 147. The Morgan fingerprint density at radius 1 is 1.20 bits per heavy atom. The summed E-state index contributed by atoms with van der Waals surface area (Å²) in [6, 6.07) is 0.300. The zero-order chi connectivity index (χ0) is 11.9. The molecule has 0 aliphatic rings. The van der Waals surface area contributed by atoms with Crippen LogP contribution < -0.4 is 5.32 Å². The standard InChI is InChI=1S/C12H27NO2/c1-5-12(6-2,9-14)8-13-10(3)7-11(4)15/h10-11,13-15H,5-9H2,1-4H3. The smallest absolute Gasteiger partial charge is 0.0526 e. The molecule has 0 aromatic rings. The Labute approximate surface area is 93.9 Å². The second-order valence-electron chi connectivity index (χ2n) is 4.73. The lowest BCUT2D eigenvalue weighted by Gasteiger charge is -2.31. The summed E-state index contributed by atoms with van der Waals surface area (Å²) in [5.74, 6) is 0. The van der Waals surface area contributed by atoms with Crippen molar-refractivity contribution in [3.8, 4) is 0 Å². The first-order valence-corrected chi connectivity index (χ1v) is 6.02. The largest absolute Gasteiger partial charge is 0.396 e. The average Bonchev–Trinajstić information content (AvgIpc) is 2.20. The fourth-order valence-electron chi connectivity index (χ4n) is 1.77. The lowest BCUT2D eigenvalue weighted by molar-refractivity contribution is 0.105. The molecule has 15 heavy (non-hydrogen) atoms. The highest BCUT2D eigenvalue weighted by Crippen LogP contribution is 2.24. The van der Waals surface area contributed by atoms with Crippen molar-refractivity contribution in [3.63, 3.8) is 0 Å². The maximum absolute atomic E-state index is 9.38. The first-order valence-electron chi connectivity index (χ1n) is 6.02. The Morgan fingerprint density at radius 2 is 1.73 bits per heavy atom. The van der Waals surface area contributed by atoms with Crippen molar-refractivity contribution in [2.75, 3.05) is 13.2 Å². The van der Waals surface area contributed by atoms with Crippen molar-refractivity contribution >= 4 is 0 Å². The van der Waals surface area contributed by atoms with Crippen LogP contribution in [0.2, 0.25) is 0 Å². The molecule has 2 atom stereocenters. The van der Waals surface area contributed by atoms with Crippen LogP contribution >= 0.6 is 0 Å². The molecule has 3 heteroatoms. The van der Waals surface area contributed by atoms with Crippen LogP contribution in [-0.2, 0) is 0 Å². The van der Waals surface area contributed by atoms with Gasteiger partial charge in [-0.2, -0.15) is 0 Å². The number of nitrogens with one attached hydrogen (secondary N) is 1. The second kappa shape index (κ2) is 7.20. The van der Waals surface area contributed by atoms with Crippen LogP contribution in [0, 0.1) is 5.41 Å². The molecule has 0 spiro atoms. The van der Waals surface area contributed by atoms with Gasteiger partial charge in [0.15, 0.2) is 0 Å². The quantitative estimate of drug-likeness (QED) is 0.578. The molecule has 0 fully saturated rings. The van der Waals surface area contributed by atoms with E-state index in [1.165, 1.54) is 0 Å². The van der Waals surface area contributed by atoms with Crippen LogP contribution in [0.5, 0.6) is 0 Å². The topological polar surface area (TPSA) is 52.5 Å². The summed E-state index contributed by atoms with van der Waals surface area (Å²) in [6.07, 6.45) is 2.46. The van der Waals surface area contributed by atoms with E-state index in [9.17, 15) is 10.2 Å². The van der Waals surface area contributed by atoms with Crippen molar-refractivity contribution in [1.82, 2.24) is 5.32 Å². The van der Waals surface area contributed by atoms with E-state index in [0.717, 1.165) is 25.8 Å². The molecule has 92 valence electrons. The molecule has 2 unspecified atom stereocenters. The zero-order valence-electron chi connectivity index (χ0n) is 10.6. The van der Waals surface area contributed by atoms with Gasteiger partial charge < -0.3 is 15.5 Å². The Balaban J connectivity index is 3.99. The van der Waals surface area contributed by atoms with Gasteiger partial charge in [0.1, 0.15) is 0 Å². The van der Waals surface area contributed by atoms with Crippen molar-refractivity contribution < 1.29 is 10.2 Å². The molecule has 0 aliphatic heterocycles. The summed E-state index contributed by atoms with van der Waals surface area (Å²) in [7, 11) is 0. The lowest BCUT2D eigenvalue weighted by Crippen LogP contribution is -2.41. The van der Waals surface area contributed by atoms with Crippen LogP contribution in [-0.4, -0.2) is 35.5 Å². The monoisotopic (exact) mass is 217 g/mol. The summed E-state index contributed by atoms with van der Waals surface area (Å²) in [5.41, 5.74) is 0.00690. The van der Waals surface area contributed by atoms with Crippen molar-refractivity contribution in [2.45, 2.75) is 59.1 Å². The molecule has 0 saturated carbocycles. The molecule has 0 saturated heterocycles.